The number of carbonyl (C=O) groups is 1. The van der Waals surface area contributed by atoms with Crippen LogP contribution in [0.4, 0.5) is 0 Å². The molecule has 0 atom stereocenters. The van der Waals surface area contributed by atoms with E-state index in [-0.39, 0.29) is 0 Å². The molecule has 0 spiro atoms. The Morgan fingerprint density at radius 3 is 2.88 bits per heavy atom. The van der Waals surface area contributed by atoms with Gasteiger partial charge in [-0.15, -0.1) is 11.3 Å². The fourth-order valence-corrected chi connectivity index (χ4v) is 2.51. The van der Waals surface area contributed by atoms with Crippen molar-refractivity contribution in [3.63, 3.8) is 0 Å². The van der Waals surface area contributed by atoms with E-state index in [2.05, 4.69) is 15.0 Å². The molecular weight excluding hydrogens is 236 g/mol. The van der Waals surface area contributed by atoms with Crippen LogP contribution in [-0.2, 0) is 0 Å². The van der Waals surface area contributed by atoms with Crippen LogP contribution in [-0.4, -0.2) is 25.6 Å². The second kappa shape index (κ2) is 3.53. The van der Waals surface area contributed by atoms with Crippen LogP contribution in [0.1, 0.15) is 21.2 Å². The summed E-state index contributed by atoms with van der Waals surface area (Å²) < 4.78 is 1.88. The van der Waals surface area contributed by atoms with Gasteiger partial charge >= 0.3 is 0 Å². The molecule has 1 N–H and O–H groups in total. The van der Waals surface area contributed by atoms with Crippen molar-refractivity contribution in [3.05, 3.63) is 28.8 Å². The Kier molecular flexibility index (Phi) is 2.12. The minimum Gasteiger partial charge on any atom is -0.321 e. The van der Waals surface area contributed by atoms with Crippen LogP contribution in [0.3, 0.4) is 0 Å². The van der Waals surface area contributed by atoms with Crippen LogP contribution in [0.25, 0.3) is 16.3 Å². The molecule has 0 saturated carbocycles. The van der Waals surface area contributed by atoms with Crippen molar-refractivity contribution >= 4 is 23.4 Å². The molecule has 0 fully saturated rings. The zero-order valence-corrected chi connectivity index (χ0v) is 10.2. The number of aromatic amines is 1. The van der Waals surface area contributed by atoms with Gasteiger partial charge < -0.3 is 4.98 Å². The summed E-state index contributed by atoms with van der Waals surface area (Å²) in [6.07, 6.45) is 4.54. The van der Waals surface area contributed by atoms with Crippen molar-refractivity contribution in [3.8, 4) is 10.6 Å². The van der Waals surface area contributed by atoms with Crippen molar-refractivity contribution < 1.29 is 4.79 Å². The number of aromatic nitrogens is 4. The molecule has 17 heavy (non-hydrogen) atoms. The van der Waals surface area contributed by atoms with Crippen LogP contribution in [0.15, 0.2) is 12.4 Å². The molecule has 5 nitrogen and oxygen atoms in total. The lowest BCUT2D eigenvalue weighted by atomic mass is 10.4. The van der Waals surface area contributed by atoms with Gasteiger partial charge in [-0.25, -0.2) is 9.97 Å². The van der Waals surface area contributed by atoms with E-state index >= 15 is 0 Å². The van der Waals surface area contributed by atoms with Gasteiger partial charge in [0.25, 0.3) is 0 Å². The van der Waals surface area contributed by atoms with Gasteiger partial charge in [0.15, 0.2) is 6.29 Å². The van der Waals surface area contributed by atoms with Crippen molar-refractivity contribution in [1.82, 2.24) is 19.4 Å². The van der Waals surface area contributed by atoms with Crippen LogP contribution in [0.2, 0.25) is 0 Å². The number of nitrogens with one attached hydrogen (secondary N) is 1. The number of thiazole rings is 1. The molecule has 3 rings (SSSR count). The van der Waals surface area contributed by atoms with E-state index in [4.69, 9.17) is 0 Å². The molecule has 0 amide bonds. The molecule has 0 unspecified atom stereocenters. The average Bonchev–Trinajstić information content (AvgIpc) is 2.95. The molecule has 0 radical (unpaired) electrons. The summed E-state index contributed by atoms with van der Waals surface area (Å²) >= 11 is 1.60. The van der Waals surface area contributed by atoms with E-state index in [0.29, 0.717) is 11.5 Å². The second-order valence-corrected chi connectivity index (χ2v) is 5.04. The zero-order chi connectivity index (χ0) is 12.0. The molecule has 0 bridgehead atoms. The highest BCUT2D eigenvalue weighted by atomic mass is 32.1. The Bertz CT molecular complexity index is 706. The maximum absolute atomic E-state index is 10.8. The number of fused-ring (bicyclic) bond motifs is 1. The molecule has 3 aromatic rings. The third kappa shape index (κ3) is 1.49. The Hall–Kier alpha value is -1.95. The predicted octanol–water partition coefficient (Wildman–Crippen LogP) is 2.22. The molecule has 0 aliphatic carbocycles. The first-order valence-corrected chi connectivity index (χ1v) is 5.96. The smallest absolute Gasteiger partial charge is 0.212 e. The van der Waals surface area contributed by atoms with E-state index in [1.165, 1.54) is 0 Å². The summed E-state index contributed by atoms with van der Waals surface area (Å²) in [6, 6.07) is 0. The molecule has 3 heterocycles. The number of carbonyl (C=O) groups excluding carboxylic acids is 1. The maximum Gasteiger partial charge on any atom is 0.212 e. The molecule has 0 aliphatic heterocycles. The SMILES string of the molecule is Cc1ncc(-c2cn3c(C)c(C=O)[nH]c3n2)s1. The van der Waals surface area contributed by atoms with Crippen LogP contribution < -0.4 is 0 Å². The number of nitrogens with zero attached hydrogens (tertiary/aromatic N) is 3. The van der Waals surface area contributed by atoms with E-state index in [9.17, 15) is 4.79 Å². The highest BCUT2D eigenvalue weighted by Gasteiger charge is 2.12. The maximum atomic E-state index is 10.8. The number of aldehydes is 1. The Balaban J connectivity index is 2.18. The van der Waals surface area contributed by atoms with Gasteiger partial charge in [-0.1, -0.05) is 0 Å². The fourth-order valence-electron chi connectivity index (χ4n) is 1.78. The molecule has 86 valence electrons. The topological polar surface area (TPSA) is 63.1 Å². The summed E-state index contributed by atoms with van der Waals surface area (Å²) in [5.41, 5.74) is 2.32. The molecule has 0 aliphatic rings. The lowest BCUT2D eigenvalue weighted by Gasteiger charge is -1.89. The Labute approximate surface area is 101 Å². The van der Waals surface area contributed by atoms with Gasteiger partial charge in [0.05, 0.1) is 9.88 Å². The molecule has 0 aromatic carbocycles. The van der Waals surface area contributed by atoms with Gasteiger partial charge in [-0.3, -0.25) is 9.20 Å². The monoisotopic (exact) mass is 246 g/mol. The highest BCUT2D eigenvalue weighted by molar-refractivity contribution is 7.15. The minimum atomic E-state index is 0.569. The van der Waals surface area contributed by atoms with E-state index < -0.39 is 0 Å². The van der Waals surface area contributed by atoms with Gasteiger partial charge in [-0.2, -0.15) is 0 Å². The first-order chi connectivity index (χ1) is 8.19. The third-order valence-corrected chi connectivity index (χ3v) is 3.63. The van der Waals surface area contributed by atoms with E-state index in [1.54, 1.807) is 11.3 Å². The van der Waals surface area contributed by atoms with Crippen molar-refractivity contribution in [2.45, 2.75) is 13.8 Å². The Morgan fingerprint density at radius 2 is 2.29 bits per heavy atom. The summed E-state index contributed by atoms with van der Waals surface area (Å²) in [7, 11) is 0. The lowest BCUT2D eigenvalue weighted by molar-refractivity contribution is 0.111. The normalized spacial score (nSPS) is 11.2. The molecular formula is C11H10N4OS. The molecule has 3 aromatic heterocycles. The first-order valence-electron chi connectivity index (χ1n) is 5.14. The number of imidazole rings is 2. The predicted molar refractivity (Wildman–Crippen MR) is 65.5 cm³/mol. The van der Waals surface area contributed by atoms with Crippen LogP contribution >= 0.6 is 11.3 Å². The number of aryl methyl sites for hydroxylation is 2. The zero-order valence-electron chi connectivity index (χ0n) is 9.39. The molecule has 6 heteroatoms. The number of rotatable bonds is 2. The number of hydrogen-bond acceptors (Lipinski definition) is 4. The van der Waals surface area contributed by atoms with Crippen molar-refractivity contribution in [2.24, 2.45) is 0 Å². The van der Waals surface area contributed by atoms with Gasteiger partial charge in [0, 0.05) is 18.1 Å². The number of hydrogen-bond donors (Lipinski definition) is 1. The van der Waals surface area contributed by atoms with Gasteiger partial charge in [-0.05, 0) is 13.8 Å². The van der Waals surface area contributed by atoms with Gasteiger partial charge in [0.1, 0.15) is 11.4 Å². The van der Waals surface area contributed by atoms with Gasteiger partial charge in [0.2, 0.25) is 5.78 Å². The quantitative estimate of drug-likeness (QED) is 0.705. The summed E-state index contributed by atoms with van der Waals surface area (Å²) in [5, 5.41) is 1.02. The largest absolute Gasteiger partial charge is 0.321 e. The second-order valence-electron chi connectivity index (χ2n) is 3.81. The van der Waals surface area contributed by atoms with E-state index in [1.807, 2.05) is 30.6 Å². The highest BCUT2D eigenvalue weighted by Crippen LogP contribution is 2.25. The van der Waals surface area contributed by atoms with Crippen LogP contribution in [0.5, 0.6) is 0 Å². The first kappa shape index (κ1) is 10.2. The third-order valence-electron chi connectivity index (χ3n) is 2.70. The summed E-state index contributed by atoms with van der Waals surface area (Å²) in [6.45, 7) is 3.85. The van der Waals surface area contributed by atoms with Crippen molar-refractivity contribution in [2.75, 3.05) is 0 Å². The summed E-state index contributed by atoms with van der Waals surface area (Å²) in [5.74, 6) is 0.686. The number of H-pyrrole nitrogens is 1. The Morgan fingerprint density at radius 1 is 1.47 bits per heavy atom. The van der Waals surface area contributed by atoms with Crippen molar-refractivity contribution in [1.29, 1.82) is 0 Å². The lowest BCUT2D eigenvalue weighted by Crippen LogP contribution is -1.86. The molecule has 0 saturated heterocycles. The average molecular weight is 246 g/mol. The van der Waals surface area contributed by atoms with Crippen LogP contribution in [0, 0.1) is 13.8 Å². The summed E-state index contributed by atoms with van der Waals surface area (Å²) in [4.78, 5) is 23.4. The van der Waals surface area contributed by atoms with E-state index in [0.717, 1.165) is 27.6 Å². The fraction of sp³-hybridized carbons (Fsp3) is 0.182. The standard InChI is InChI=1S/C11H10N4OS/c1-6-9(5-16)14-11-13-8(4-15(6)11)10-3-12-7(2)17-10/h3-5H,1-2H3,(H,13,14). The minimum absolute atomic E-state index is 0.569.